The van der Waals surface area contributed by atoms with Crippen molar-refractivity contribution in [2.45, 2.75) is 31.8 Å². The third kappa shape index (κ3) is 1.42. The van der Waals surface area contributed by atoms with Crippen molar-refractivity contribution in [2.24, 2.45) is 0 Å². The van der Waals surface area contributed by atoms with Crippen LogP contribution in [0.4, 0.5) is 4.79 Å². The highest BCUT2D eigenvalue weighted by atomic mass is 16.4. The van der Waals surface area contributed by atoms with E-state index in [1.165, 1.54) is 4.90 Å². The van der Waals surface area contributed by atoms with Crippen molar-refractivity contribution in [2.75, 3.05) is 13.1 Å². The van der Waals surface area contributed by atoms with Crippen molar-refractivity contribution in [1.82, 2.24) is 9.80 Å². The quantitative estimate of drug-likeness (QED) is 0.712. The summed E-state index contributed by atoms with van der Waals surface area (Å²) in [5.74, 6) is -0.934. The molecule has 1 N–H and O–H groups in total. The minimum Gasteiger partial charge on any atom is -0.480 e. The van der Waals surface area contributed by atoms with Crippen molar-refractivity contribution in [3.05, 3.63) is 0 Å². The van der Waals surface area contributed by atoms with Crippen LogP contribution in [-0.2, 0) is 4.79 Å². The number of hydrogen-bond acceptors (Lipinski definition) is 2. The fraction of sp³-hybridized carbons (Fsp3) is 0.778. The van der Waals surface area contributed by atoms with Gasteiger partial charge in [-0.1, -0.05) is 0 Å². The van der Waals surface area contributed by atoms with E-state index >= 15 is 0 Å². The standard InChI is InChI=1S/C9H14N2O3/c1-6(8(12)13)10-4-5-11(9(10)14)7-2-3-7/h6-7H,2-5H2,1H3,(H,12,13). The number of carbonyl (C=O) groups is 2. The lowest BCUT2D eigenvalue weighted by Gasteiger charge is -2.21. The van der Waals surface area contributed by atoms with E-state index in [2.05, 4.69) is 0 Å². The van der Waals surface area contributed by atoms with Crippen LogP contribution in [0.2, 0.25) is 0 Å². The lowest BCUT2D eigenvalue weighted by atomic mass is 10.3. The van der Waals surface area contributed by atoms with Crippen LogP contribution in [-0.4, -0.2) is 52.1 Å². The maximum absolute atomic E-state index is 11.7. The molecule has 1 aliphatic carbocycles. The maximum Gasteiger partial charge on any atom is 0.326 e. The van der Waals surface area contributed by atoms with E-state index in [4.69, 9.17) is 5.11 Å². The van der Waals surface area contributed by atoms with Crippen LogP contribution in [0.15, 0.2) is 0 Å². The van der Waals surface area contributed by atoms with E-state index in [1.54, 1.807) is 11.8 Å². The van der Waals surface area contributed by atoms with Crippen LogP contribution in [0.3, 0.4) is 0 Å². The summed E-state index contributed by atoms with van der Waals surface area (Å²) in [4.78, 5) is 25.7. The molecule has 0 aromatic heterocycles. The molecule has 0 radical (unpaired) electrons. The molecule has 5 heteroatoms. The zero-order valence-corrected chi connectivity index (χ0v) is 8.14. The van der Waals surface area contributed by atoms with E-state index in [-0.39, 0.29) is 6.03 Å². The van der Waals surface area contributed by atoms with Crippen molar-refractivity contribution in [1.29, 1.82) is 0 Å². The Morgan fingerprint density at radius 1 is 1.50 bits per heavy atom. The lowest BCUT2D eigenvalue weighted by molar-refractivity contribution is -0.141. The molecular formula is C9H14N2O3. The van der Waals surface area contributed by atoms with Gasteiger partial charge < -0.3 is 14.9 Å². The molecule has 14 heavy (non-hydrogen) atoms. The first-order chi connectivity index (χ1) is 6.61. The number of carbonyl (C=O) groups excluding carboxylic acids is 1. The number of nitrogens with zero attached hydrogens (tertiary/aromatic N) is 2. The van der Waals surface area contributed by atoms with E-state index in [0.717, 1.165) is 12.8 Å². The Morgan fingerprint density at radius 3 is 2.64 bits per heavy atom. The van der Waals surface area contributed by atoms with E-state index in [9.17, 15) is 9.59 Å². The Bertz CT molecular complexity index is 275. The zero-order chi connectivity index (χ0) is 10.3. The first-order valence-corrected chi connectivity index (χ1v) is 4.91. The second-order valence-corrected chi connectivity index (χ2v) is 3.91. The van der Waals surface area contributed by atoms with E-state index in [0.29, 0.717) is 19.1 Å². The third-order valence-electron chi connectivity index (χ3n) is 2.89. The minimum atomic E-state index is -0.934. The van der Waals surface area contributed by atoms with Gasteiger partial charge in [-0.15, -0.1) is 0 Å². The lowest BCUT2D eigenvalue weighted by Crippen LogP contribution is -2.42. The van der Waals surface area contributed by atoms with Gasteiger partial charge in [0.1, 0.15) is 6.04 Å². The first kappa shape index (κ1) is 9.30. The fourth-order valence-corrected chi connectivity index (χ4v) is 1.79. The third-order valence-corrected chi connectivity index (χ3v) is 2.89. The summed E-state index contributed by atoms with van der Waals surface area (Å²) in [6.07, 6.45) is 2.14. The van der Waals surface area contributed by atoms with Crippen LogP contribution in [0, 0.1) is 0 Å². The van der Waals surface area contributed by atoms with Crippen molar-refractivity contribution in [3.63, 3.8) is 0 Å². The van der Waals surface area contributed by atoms with E-state index in [1.807, 2.05) is 0 Å². The molecule has 1 heterocycles. The molecule has 0 spiro atoms. The molecule has 78 valence electrons. The Morgan fingerprint density at radius 2 is 2.14 bits per heavy atom. The highest BCUT2D eigenvalue weighted by Crippen LogP contribution is 2.30. The van der Waals surface area contributed by atoms with Gasteiger partial charge >= 0.3 is 12.0 Å². The molecule has 1 saturated carbocycles. The second-order valence-electron chi connectivity index (χ2n) is 3.91. The number of carboxylic acid groups (broad SMARTS) is 1. The molecule has 2 rings (SSSR count). The molecule has 0 bridgehead atoms. The molecule has 1 saturated heterocycles. The number of rotatable bonds is 3. The molecule has 0 aromatic rings. The minimum absolute atomic E-state index is 0.109. The van der Waals surface area contributed by atoms with Gasteiger partial charge in [0, 0.05) is 19.1 Å². The molecule has 2 amide bonds. The summed E-state index contributed by atoms with van der Waals surface area (Å²) in [5.41, 5.74) is 0. The maximum atomic E-state index is 11.7. The van der Waals surface area contributed by atoms with Gasteiger partial charge in [-0.05, 0) is 19.8 Å². The number of aliphatic carboxylic acids is 1. The molecule has 0 aromatic carbocycles. The number of amides is 2. The predicted octanol–water partition coefficient (Wildman–Crippen LogP) is 0.359. The Kier molecular flexibility index (Phi) is 2.09. The molecule has 2 aliphatic rings. The van der Waals surface area contributed by atoms with Gasteiger partial charge in [-0.2, -0.15) is 0 Å². The first-order valence-electron chi connectivity index (χ1n) is 4.91. The van der Waals surface area contributed by atoms with Crippen molar-refractivity contribution in [3.8, 4) is 0 Å². The molecule has 1 aliphatic heterocycles. The second kappa shape index (κ2) is 3.15. The SMILES string of the molecule is CC(C(=O)O)N1CCN(C2CC2)C1=O. The van der Waals surface area contributed by atoms with Gasteiger partial charge in [-0.25, -0.2) is 9.59 Å². The normalized spacial score (nSPS) is 24.2. The Balaban J connectivity index is 2.02. The van der Waals surface area contributed by atoms with Crippen molar-refractivity contribution >= 4 is 12.0 Å². The fourth-order valence-electron chi connectivity index (χ4n) is 1.79. The van der Waals surface area contributed by atoms with Crippen LogP contribution in [0.25, 0.3) is 0 Å². The molecule has 2 fully saturated rings. The van der Waals surface area contributed by atoms with Gasteiger partial charge in [0.05, 0.1) is 0 Å². The molecular weight excluding hydrogens is 184 g/mol. The number of carboxylic acids is 1. The van der Waals surface area contributed by atoms with Gasteiger partial charge in [0.2, 0.25) is 0 Å². The summed E-state index contributed by atoms with van der Waals surface area (Å²) >= 11 is 0. The summed E-state index contributed by atoms with van der Waals surface area (Å²) < 4.78 is 0. The van der Waals surface area contributed by atoms with Crippen LogP contribution >= 0.6 is 0 Å². The average Bonchev–Trinajstić information content (AvgIpc) is 2.89. The van der Waals surface area contributed by atoms with Gasteiger partial charge in [-0.3, -0.25) is 0 Å². The van der Waals surface area contributed by atoms with Crippen molar-refractivity contribution < 1.29 is 14.7 Å². The monoisotopic (exact) mass is 198 g/mol. The molecule has 1 atom stereocenters. The summed E-state index contributed by atoms with van der Waals surface area (Å²) in [6.45, 7) is 2.78. The average molecular weight is 198 g/mol. The highest BCUT2D eigenvalue weighted by molar-refractivity contribution is 5.84. The smallest absolute Gasteiger partial charge is 0.326 e. The zero-order valence-electron chi connectivity index (χ0n) is 8.14. The summed E-state index contributed by atoms with van der Waals surface area (Å²) in [5, 5.41) is 8.79. The summed E-state index contributed by atoms with van der Waals surface area (Å²) in [6, 6.07) is -0.429. The number of hydrogen-bond donors (Lipinski definition) is 1. The number of urea groups is 1. The van der Waals surface area contributed by atoms with Crippen LogP contribution in [0.5, 0.6) is 0 Å². The summed E-state index contributed by atoms with van der Waals surface area (Å²) in [7, 11) is 0. The van der Waals surface area contributed by atoms with E-state index < -0.39 is 12.0 Å². The topological polar surface area (TPSA) is 60.9 Å². The predicted molar refractivity (Wildman–Crippen MR) is 48.9 cm³/mol. The van der Waals surface area contributed by atoms with Crippen LogP contribution in [0.1, 0.15) is 19.8 Å². The van der Waals surface area contributed by atoms with Crippen LogP contribution < -0.4 is 0 Å². The Labute approximate surface area is 82.3 Å². The highest BCUT2D eigenvalue weighted by Gasteiger charge is 2.41. The van der Waals surface area contributed by atoms with Gasteiger partial charge in [0.15, 0.2) is 0 Å². The molecule has 5 nitrogen and oxygen atoms in total. The molecule has 1 unspecified atom stereocenters. The van der Waals surface area contributed by atoms with Gasteiger partial charge in [0.25, 0.3) is 0 Å². The Hall–Kier alpha value is -1.26. The largest absolute Gasteiger partial charge is 0.480 e.